The third-order valence-electron chi connectivity index (χ3n) is 3.12. The van der Waals surface area contributed by atoms with Gasteiger partial charge >= 0.3 is 0 Å². The molecule has 3 aromatic rings. The Kier molecular flexibility index (Phi) is 3.91. The quantitative estimate of drug-likeness (QED) is 0.675. The van der Waals surface area contributed by atoms with Gasteiger partial charge in [-0.2, -0.15) is 0 Å². The highest BCUT2D eigenvalue weighted by molar-refractivity contribution is 9.11. The molecule has 0 saturated heterocycles. The van der Waals surface area contributed by atoms with Crippen molar-refractivity contribution in [2.24, 2.45) is 0 Å². The smallest absolute Gasteiger partial charge is 0.163 e. The number of aromatic amines is 1. The van der Waals surface area contributed by atoms with Crippen molar-refractivity contribution < 1.29 is 9.47 Å². The van der Waals surface area contributed by atoms with Crippen molar-refractivity contribution in [3.8, 4) is 22.9 Å². The number of ether oxygens (including phenoxy) is 2. The van der Waals surface area contributed by atoms with E-state index in [-0.39, 0.29) is 0 Å². The minimum Gasteiger partial charge on any atom is -0.493 e. The molecule has 2 aromatic carbocycles. The molecule has 4 nitrogen and oxygen atoms in total. The van der Waals surface area contributed by atoms with Crippen LogP contribution >= 0.6 is 31.9 Å². The van der Waals surface area contributed by atoms with Gasteiger partial charge in [-0.3, -0.25) is 0 Å². The first kappa shape index (κ1) is 14.4. The summed E-state index contributed by atoms with van der Waals surface area (Å²) >= 11 is 6.98. The number of nitrogens with one attached hydrogen (secondary N) is 1. The fourth-order valence-corrected chi connectivity index (χ4v) is 3.46. The summed E-state index contributed by atoms with van der Waals surface area (Å²) in [6.07, 6.45) is 0. The lowest BCUT2D eigenvalue weighted by Crippen LogP contribution is -1.89. The monoisotopic (exact) mass is 410 g/mol. The molecule has 3 rings (SSSR count). The highest BCUT2D eigenvalue weighted by atomic mass is 79.9. The van der Waals surface area contributed by atoms with Crippen LogP contribution in [-0.2, 0) is 0 Å². The van der Waals surface area contributed by atoms with Crippen molar-refractivity contribution in [1.29, 1.82) is 0 Å². The lowest BCUT2D eigenvalue weighted by Gasteiger charge is -2.06. The van der Waals surface area contributed by atoms with Gasteiger partial charge in [0.25, 0.3) is 0 Å². The maximum atomic E-state index is 5.31. The highest BCUT2D eigenvalue weighted by Crippen LogP contribution is 2.33. The van der Waals surface area contributed by atoms with E-state index >= 15 is 0 Å². The average Bonchev–Trinajstić information content (AvgIpc) is 2.87. The number of fused-ring (bicyclic) bond motifs is 1. The molecule has 0 unspecified atom stereocenters. The van der Waals surface area contributed by atoms with Crippen LogP contribution in [0.5, 0.6) is 11.5 Å². The van der Waals surface area contributed by atoms with E-state index < -0.39 is 0 Å². The molecule has 21 heavy (non-hydrogen) atoms. The van der Waals surface area contributed by atoms with Gasteiger partial charge in [0.15, 0.2) is 11.5 Å². The van der Waals surface area contributed by atoms with Crippen LogP contribution in [0.1, 0.15) is 0 Å². The van der Waals surface area contributed by atoms with Crippen LogP contribution in [0.15, 0.2) is 39.3 Å². The number of imidazole rings is 1. The van der Waals surface area contributed by atoms with Crippen molar-refractivity contribution in [3.63, 3.8) is 0 Å². The molecule has 0 saturated carbocycles. The number of methoxy groups -OCH3 is 2. The van der Waals surface area contributed by atoms with Crippen molar-refractivity contribution in [1.82, 2.24) is 9.97 Å². The van der Waals surface area contributed by atoms with Gasteiger partial charge in [-0.1, -0.05) is 31.9 Å². The molecule has 0 fully saturated rings. The second kappa shape index (κ2) is 5.69. The Morgan fingerprint density at radius 2 is 1.52 bits per heavy atom. The Bertz CT molecular complexity index is 754. The zero-order valence-electron chi connectivity index (χ0n) is 11.4. The predicted octanol–water partition coefficient (Wildman–Crippen LogP) is 4.77. The molecule has 0 atom stereocenters. The summed E-state index contributed by atoms with van der Waals surface area (Å²) in [6.45, 7) is 0. The lowest BCUT2D eigenvalue weighted by molar-refractivity contribution is 0.356. The molecule has 0 spiro atoms. The van der Waals surface area contributed by atoms with E-state index in [9.17, 15) is 0 Å². The fraction of sp³-hybridized carbons (Fsp3) is 0.133. The van der Waals surface area contributed by atoms with Crippen LogP contribution in [-0.4, -0.2) is 24.2 Å². The van der Waals surface area contributed by atoms with E-state index in [2.05, 4.69) is 41.8 Å². The number of rotatable bonds is 3. The second-order valence-electron chi connectivity index (χ2n) is 4.47. The first-order chi connectivity index (χ1) is 10.1. The number of H-pyrrole nitrogens is 1. The van der Waals surface area contributed by atoms with Crippen molar-refractivity contribution in [2.45, 2.75) is 0 Å². The summed E-state index contributed by atoms with van der Waals surface area (Å²) in [5, 5.41) is 0. The van der Waals surface area contributed by atoms with Crippen molar-refractivity contribution >= 4 is 42.9 Å². The summed E-state index contributed by atoms with van der Waals surface area (Å²) in [5.74, 6) is 2.14. The number of nitrogens with zero attached hydrogens (tertiary/aromatic N) is 1. The molecule has 0 aliphatic rings. The molecular weight excluding hydrogens is 400 g/mol. The van der Waals surface area contributed by atoms with Gasteiger partial charge < -0.3 is 14.5 Å². The lowest BCUT2D eigenvalue weighted by atomic mass is 10.2. The second-order valence-corrected chi connectivity index (χ2v) is 6.30. The molecule has 108 valence electrons. The van der Waals surface area contributed by atoms with E-state index in [0.29, 0.717) is 11.5 Å². The molecular formula is C15H12Br2N2O2. The maximum absolute atomic E-state index is 5.31. The SMILES string of the molecule is COc1cc2nc(-c3cc(Br)cc(Br)c3)[nH]c2cc1OC. The number of hydrogen-bond acceptors (Lipinski definition) is 3. The summed E-state index contributed by atoms with van der Waals surface area (Å²) in [4.78, 5) is 7.92. The molecule has 0 amide bonds. The number of benzene rings is 2. The van der Waals surface area contributed by atoms with Crippen LogP contribution < -0.4 is 9.47 Å². The van der Waals surface area contributed by atoms with Crippen molar-refractivity contribution in [3.05, 3.63) is 39.3 Å². The molecule has 1 aromatic heterocycles. The first-order valence-electron chi connectivity index (χ1n) is 6.19. The van der Waals surface area contributed by atoms with Crippen LogP contribution in [0.25, 0.3) is 22.4 Å². The van der Waals surface area contributed by atoms with E-state index in [0.717, 1.165) is 31.4 Å². The Morgan fingerprint density at radius 1 is 0.905 bits per heavy atom. The summed E-state index contributed by atoms with van der Waals surface area (Å²) in [6, 6.07) is 9.75. The molecule has 0 aliphatic heterocycles. The summed E-state index contributed by atoms with van der Waals surface area (Å²) in [5.41, 5.74) is 2.72. The van der Waals surface area contributed by atoms with Gasteiger partial charge in [0.1, 0.15) is 5.82 Å². The number of hydrogen-bond donors (Lipinski definition) is 1. The average molecular weight is 412 g/mol. The Morgan fingerprint density at radius 3 is 2.14 bits per heavy atom. The third-order valence-corrected chi connectivity index (χ3v) is 4.04. The van der Waals surface area contributed by atoms with Gasteiger partial charge in [-0.15, -0.1) is 0 Å². The Labute approximate surface area is 138 Å². The van der Waals surface area contributed by atoms with Crippen LogP contribution in [0.4, 0.5) is 0 Å². The minimum atomic E-state index is 0.665. The number of halogens is 2. The molecule has 1 heterocycles. The summed E-state index contributed by atoms with van der Waals surface area (Å²) in [7, 11) is 3.23. The standard InChI is InChI=1S/C15H12Br2N2O2/c1-20-13-6-11-12(7-14(13)21-2)19-15(18-11)8-3-9(16)5-10(17)4-8/h3-7H,1-2H3,(H,18,19). The van der Waals surface area contributed by atoms with Gasteiger partial charge in [0, 0.05) is 26.6 Å². The van der Waals surface area contributed by atoms with E-state index in [4.69, 9.17) is 9.47 Å². The maximum Gasteiger partial charge on any atom is 0.163 e. The molecule has 6 heteroatoms. The third kappa shape index (κ3) is 2.78. The van der Waals surface area contributed by atoms with Gasteiger partial charge in [-0.25, -0.2) is 4.98 Å². The molecule has 0 radical (unpaired) electrons. The van der Waals surface area contributed by atoms with E-state index in [1.165, 1.54) is 0 Å². The molecule has 0 bridgehead atoms. The van der Waals surface area contributed by atoms with Crippen molar-refractivity contribution in [2.75, 3.05) is 14.2 Å². The molecule has 1 N–H and O–H groups in total. The fourth-order valence-electron chi connectivity index (χ4n) is 2.16. The molecule has 0 aliphatic carbocycles. The normalized spacial score (nSPS) is 10.9. The number of aromatic nitrogens is 2. The zero-order valence-corrected chi connectivity index (χ0v) is 14.6. The largest absolute Gasteiger partial charge is 0.493 e. The minimum absolute atomic E-state index is 0.665. The van der Waals surface area contributed by atoms with Crippen LogP contribution in [0, 0.1) is 0 Å². The highest BCUT2D eigenvalue weighted by Gasteiger charge is 2.11. The first-order valence-corrected chi connectivity index (χ1v) is 7.77. The van der Waals surface area contributed by atoms with E-state index in [1.807, 2.05) is 30.3 Å². The topological polar surface area (TPSA) is 47.1 Å². The van der Waals surface area contributed by atoms with Crippen LogP contribution in [0.3, 0.4) is 0 Å². The van der Waals surface area contributed by atoms with Crippen LogP contribution in [0.2, 0.25) is 0 Å². The van der Waals surface area contributed by atoms with Gasteiger partial charge in [0.05, 0.1) is 25.3 Å². The van der Waals surface area contributed by atoms with Gasteiger partial charge in [-0.05, 0) is 18.2 Å². The Hall–Kier alpha value is -1.53. The predicted molar refractivity (Wildman–Crippen MR) is 90.0 cm³/mol. The Balaban J connectivity index is 2.16. The zero-order chi connectivity index (χ0) is 15.0. The van der Waals surface area contributed by atoms with Gasteiger partial charge in [0.2, 0.25) is 0 Å². The van der Waals surface area contributed by atoms with E-state index in [1.54, 1.807) is 14.2 Å². The summed E-state index contributed by atoms with van der Waals surface area (Å²) < 4.78 is 12.6.